The Kier molecular flexibility index (Phi) is 10.8. The minimum Gasteiger partial charge on any atom is -0.384 e. The summed E-state index contributed by atoms with van der Waals surface area (Å²) in [5, 5.41) is 9.18. The van der Waals surface area contributed by atoms with Crippen LogP contribution in [0.15, 0.2) is 24.3 Å². The van der Waals surface area contributed by atoms with Crippen LogP contribution in [0.1, 0.15) is 18.4 Å². The summed E-state index contributed by atoms with van der Waals surface area (Å²) >= 11 is 1.32. The largest absolute Gasteiger partial charge is 0.384 e. The highest BCUT2D eigenvalue weighted by Crippen LogP contribution is 2.28. The highest BCUT2D eigenvalue weighted by atomic mass is 35.5. The average Bonchev–Trinajstić information content (AvgIpc) is 2.63. The van der Waals surface area contributed by atoms with Crippen LogP contribution >= 0.6 is 24.2 Å². The molecule has 0 spiro atoms. The molecule has 8 heteroatoms. The first-order valence-corrected chi connectivity index (χ1v) is 10.1. The van der Waals surface area contributed by atoms with E-state index >= 15 is 0 Å². The maximum atomic E-state index is 12.1. The maximum absolute atomic E-state index is 12.1. The number of anilines is 1. The van der Waals surface area contributed by atoms with Gasteiger partial charge in [0, 0.05) is 24.8 Å². The number of ether oxygens (including phenoxy) is 1. The Bertz CT molecular complexity index is 587. The van der Waals surface area contributed by atoms with Crippen LogP contribution in [-0.2, 0) is 14.3 Å². The summed E-state index contributed by atoms with van der Waals surface area (Å²) in [5.74, 6) is 0.407. The fourth-order valence-corrected chi connectivity index (χ4v) is 3.69. The van der Waals surface area contributed by atoms with E-state index in [9.17, 15) is 9.59 Å². The van der Waals surface area contributed by atoms with Crippen molar-refractivity contribution < 1.29 is 14.3 Å². The first-order chi connectivity index (χ1) is 12.5. The Hall–Kier alpha value is -1.28. The lowest BCUT2D eigenvalue weighted by Gasteiger charge is -2.37. The highest BCUT2D eigenvalue weighted by molar-refractivity contribution is 8.00. The van der Waals surface area contributed by atoms with Gasteiger partial charge in [-0.2, -0.15) is 0 Å². The first-order valence-electron chi connectivity index (χ1n) is 8.94. The number of benzene rings is 1. The summed E-state index contributed by atoms with van der Waals surface area (Å²) in [6, 6.07) is 7.65. The van der Waals surface area contributed by atoms with Gasteiger partial charge in [-0.05, 0) is 45.0 Å². The molecule has 3 N–H and O–H groups in total. The van der Waals surface area contributed by atoms with Gasteiger partial charge in [0.05, 0.1) is 18.1 Å². The number of piperidine rings is 1. The zero-order valence-electron chi connectivity index (χ0n) is 16.0. The van der Waals surface area contributed by atoms with Crippen molar-refractivity contribution in [3.05, 3.63) is 29.8 Å². The molecule has 27 heavy (non-hydrogen) atoms. The van der Waals surface area contributed by atoms with Crippen molar-refractivity contribution >= 4 is 41.7 Å². The summed E-state index contributed by atoms with van der Waals surface area (Å²) in [6.45, 7) is 5.18. The topological polar surface area (TPSA) is 79.5 Å². The van der Waals surface area contributed by atoms with Crippen LogP contribution in [0.4, 0.5) is 5.69 Å². The molecule has 1 aromatic rings. The number of hydrogen-bond donors (Lipinski definition) is 3. The number of halogens is 1. The summed E-state index contributed by atoms with van der Waals surface area (Å²) < 4.78 is 5.36. The van der Waals surface area contributed by atoms with Gasteiger partial charge in [0.1, 0.15) is 0 Å². The summed E-state index contributed by atoms with van der Waals surface area (Å²) in [7, 11) is 1.70. The van der Waals surface area contributed by atoms with E-state index in [4.69, 9.17) is 4.74 Å². The number of carbonyl (C=O) groups excluding carboxylic acids is 2. The fraction of sp³-hybridized carbons (Fsp3) is 0.579. The zero-order chi connectivity index (χ0) is 18.8. The van der Waals surface area contributed by atoms with E-state index in [0.717, 1.165) is 37.2 Å². The van der Waals surface area contributed by atoms with Crippen molar-refractivity contribution in [3.63, 3.8) is 0 Å². The van der Waals surface area contributed by atoms with Gasteiger partial charge in [-0.15, -0.1) is 24.2 Å². The Balaban J connectivity index is 0.00000364. The molecule has 1 heterocycles. The molecule has 0 atom stereocenters. The first kappa shape index (κ1) is 23.8. The van der Waals surface area contributed by atoms with E-state index in [0.29, 0.717) is 13.2 Å². The lowest BCUT2D eigenvalue weighted by molar-refractivity contribution is -0.119. The third-order valence-electron chi connectivity index (χ3n) is 4.58. The van der Waals surface area contributed by atoms with Crippen molar-refractivity contribution in [1.82, 2.24) is 10.6 Å². The van der Waals surface area contributed by atoms with Gasteiger partial charge < -0.3 is 20.7 Å². The van der Waals surface area contributed by atoms with Crippen LogP contribution in [0.3, 0.4) is 0 Å². The van der Waals surface area contributed by atoms with E-state index in [2.05, 4.69) is 16.0 Å². The average molecular weight is 416 g/mol. The molecule has 1 aliphatic heterocycles. The quantitative estimate of drug-likeness (QED) is 0.576. The number of amides is 2. The predicted octanol–water partition coefficient (Wildman–Crippen LogP) is 2.22. The Morgan fingerprint density at radius 3 is 2.41 bits per heavy atom. The minimum absolute atomic E-state index is 0. The molecule has 6 nitrogen and oxygen atoms in total. The van der Waals surface area contributed by atoms with Crippen molar-refractivity contribution in [2.24, 2.45) is 5.41 Å². The number of carbonyl (C=O) groups is 2. The summed E-state index contributed by atoms with van der Waals surface area (Å²) in [4.78, 5) is 24.0. The Morgan fingerprint density at radius 1 is 1.15 bits per heavy atom. The molecule has 0 radical (unpaired) electrons. The Morgan fingerprint density at radius 2 is 1.78 bits per heavy atom. The lowest BCUT2D eigenvalue weighted by atomic mass is 9.79. The fourth-order valence-electron chi connectivity index (χ4n) is 3.04. The number of hydrogen-bond acceptors (Lipinski definition) is 5. The third kappa shape index (κ3) is 8.51. The second-order valence-electron chi connectivity index (χ2n) is 6.87. The molecule has 0 aromatic heterocycles. The summed E-state index contributed by atoms with van der Waals surface area (Å²) in [5.41, 5.74) is 1.94. The van der Waals surface area contributed by atoms with E-state index in [1.807, 2.05) is 31.2 Å². The zero-order valence-corrected chi connectivity index (χ0v) is 17.6. The monoisotopic (exact) mass is 415 g/mol. The van der Waals surface area contributed by atoms with Crippen molar-refractivity contribution in [2.75, 3.05) is 50.2 Å². The van der Waals surface area contributed by atoms with Crippen LogP contribution < -0.4 is 16.0 Å². The molecule has 2 amide bonds. The second kappa shape index (κ2) is 12.2. The van der Waals surface area contributed by atoms with E-state index in [1.54, 1.807) is 7.11 Å². The number of rotatable bonds is 9. The van der Waals surface area contributed by atoms with Gasteiger partial charge in [0.2, 0.25) is 11.8 Å². The van der Waals surface area contributed by atoms with Gasteiger partial charge in [0.25, 0.3) is 0 Å². The lowest BCUT2D eigenvalue weighted by Crippen LogP contribution is -2.47. The molecule has 0 unspecified atom stereocenters. The number of thioether (sulfide) groups is 1. The van der Waals surface area contributed by atoms with Gasteiger partial charge in [-0.3, -0.25) is 9.59 Å². The van der Waals surface area contributed by atoms with Gasteiger partial charge >= 0.3 is 0 Å². The van der Waals surface area contributed by atoms with E-state index in [-0.39, 0.29) is 41.1 Å². The minimum atomic E-state index is -0.0964. The standard InChI is InChI=1S/C19H29N3O3S.ClH/c1-15-3-5-16(6-4-15)22-18(24)12-26-11-17(23)21-13-19(14-25-2)7-9-20-10-8-19;/h3-6,20H,7-14H2,1-2H3,(H,21,23)(H,22,24);1H. The van der Waals surface area contributed by atoms with Gasteiger partial charge in [-0.25, -0.2) is 0 Å². The molecular formula is C19H30ClN3O3S. The SMILES string of the molecule is COCC1(CNC(=O)CSCC(=O)Nc2ccc(C)cc2)CCNCC1.Cl. The molecule has 152 valence electrons. The van der Waals surface area contributed by atoms with Crippen LogP contribution in [0.2, 0.25) is 0 Å². The van der Waals surface area contributed by atoms with E-state index < -0.39 is 0 Å². The molecule has 0 aliphatic carbocycles. The second-order valence-corrected chi connectivity index (χ2v) is 7.85. The molecule has 2 rings (SSSR count). The van der Waals surface area contributed by atoms with Crippen LogP contribution in [0.25, 0.3) is 0 Å². The van der Waals surface area contributed by atoms with Crippen molar-refractivity contribution in [2.45, 2.75) is 19.8 Å². The normalized spacial score (nSPS) is 15.5. The van der Waals surface area contributed by atoms with Crippen LogP contribution in [0.5, 0.6) is 0 Å². The summed E-state index contributed by atoms with van der Waals surface area (Å²) in [6.07, 6.45) is 1.99. The molecular weight excluding hydrogens is 386 g/mol. The van der Waals surface area contributed by atoms with Crippen molar-refractivity contribution in [3.8, 4) is 0 Å². The van der Waals surface area contributed by atoms with Gasteiger partial charge in [0.15, 0.2) is 0 Å². The third-order valence-corrected chi connectivity index (χ3v) is 5.51. The number of aryl methyl sites for hydroxylation is 1. The molecule has 1 aliphatic rings. The van der Waals surface area contributed by atoms with Gasteiger partial charge in [-0.1, -0.05) is 17.7 Å². The number of nitrogens with one attached hydrogen (secondary N) is 3. The molecule has 1 fully saturated rings. The highest BCUT2D eigenvalue weighted by Gasteiger charge is 2.32. The number of methoxy groups -OCH3 is 1. The van der Waals surface area contributed by atoms with Crippen LogP contribution in [0, 0.1) is 12.3 Å². The van der Waals surface area contributed by atoms with E-state index in [1.165, 1.54) is 11.8 Å². The van der Waals surface area contributed by atoms with Crippen LogP contribution in [-0.4, -0.2) is 56.7 Å². The molecule has 1 saturated heterocycles. The smallest absolute Gasteiger partial charge is 0.234 e. The maximum Gasteiger partial charge on any atom is 0.234 e. The molecule has 0 saturated carbocycles. The van der Waals surface area contributed by atoms with Crippen molar-refractivity contribution in [1.29, 1.82) is 0 Å². The molecule has 1 aromatic carbocycles. The predicted molar refractivity (Wildman–Crippen MR) is 114 cm³/mol. The molecule has 0 bridgehead atoms. The Labute approximate surface area is 172 Å².